The van der Waals surface area contributed by atoms with Gasteiger partial charge in [-0.3, -0.25) is 4.79 Å². The fourth-order valence-electron chi connectivity index (χ4n) is 2.70. The number of nitrogens with zero attached hydrogens (tertiary/aromatic N) is 1. The fraction of sp³-hybridized carbons (Fsp3) is 0.192. The lowest BCUT2D eigenvalue weighted by Crippen LogP contribution is -2.24. The van der Waals surface area contributed by atoms with Crippen molar-refractivity contribution in [3.63, 3.8) is 0 Å². The van der Waals surface area contributed by atoms with Gasteiger partial charge in [0.05, 0.1) is 18.4 Å². The number of carbonyl (C=O) groups is 2. The van der Waals surface area contributed by atoms with Crippen LogP contribution in [0.2, 0.25) is 0 Å². The van der Waals surface area contributed by atoms with Gasteiger partial charge in [0.2, 0.25) is 0 Å². The molecule has 0 bridgehead atoms. The Balaban J connectivity index is 1.43. The summed E-state index contributed by atoms with van der Waals surface area (Å²) in [7, 11) is 0. The Labute approximate surface area is 206 Å². The van der Waals surface area contributed by atoms with Crippen molar-refractivity contribution in [3.05, 3.63) is 88.4 Å². The topological polar surface area (TPSA) is 86.2 Å². The number of nitrogens with one attached hydrogen (secondary N) is 1. The Morgan fingerprint density at radius 1 is 0.882 bits per heavy atom. The molecule has 0 fully saturated rings. The molecule has 0 atom stereocenters. The molecule has 0 heterocycles. The normalized spacial score (nSPS) is 10.6. The molecule has 0 unspecified atom stereocenters. The largest absolute Gasteiger partial charge is 0.494 e. The average Bonchev–Trinajstić information content (AvgIpc) is 2.85. The van der Waals surface area contributed by atoms with Crippen molar-refractivity contribution in [2.24, 2.45) is 5.10 Å². The number of hydrogen-bond donors (Lipinski definition) is 1. The van der Waals surface area contributed by atoms with E-state index in [1.54, 1.807) is 60.7 Å². The van der Waals surface area contributed by atoms with Gasteiger partial charge in [0.25, 0.3) is 5.91 Å². The summed E-state index contributed by atoms with van der Waals surface area (Å²) in [4.78, 5) is 24.2. The Morgan fingerprint density at radius 3 is 2.18 bits per heavy atom. The first-order valence-corrected chi connectivity index (χ1v) is 11.6. The van der Waals surface area contributed by atoms with E-state index in [0.29, 0.717) is 23.7 Å². The van der Waals surface area contributed by atoms with Gasteiger partial charge < -0.3 is 14.2 Å². The molecule has 0 aliphatic rings. The third kappa shape index (κ3) is 8.37. The van der Waals surface area contributed by atoms with Gasteiger partial charge in [-0.2, -0.15) is 5.10 Å². The second-order valence-corrected chi connectivity index (χ2v) is 8.14. The maximum Gasteiger partial charge on any atom is 0.343 e. The fourth-order valence-corrected chi connectivity index (χ4v) is 2.96. The minimum atomic E-state index is -0.459. The number of halogens is 1. The van der Waals surface area contributed by atoms with Crippen LogP contribution in [0.15, 0.2) is 82.4 Å². The molecule has 3 aromatic rings. The molecular weight excluding hydrogens is 500 g/mol. The van der Waals surface area contributed by atoms with E-state index in [-0.39, 0.29) is 12.5 Å². The summed E-state index contributed by atoms with van der Waals surface area (Å²) in [6.07, 6.45) is 3.53. The van der Waals surface area contributed by atoms with Crippen LogP contribution in [0.1, 0.15) is 35.7 Å². The van der Waals surface area contributed by atoms with Crippen molar-refractivity contribution in [1.29, 1.82) is 0 Å². The summed E-state index contributed by atoms with van der Waals surface area (Å²) in [6.45, 7) is 2.60. The number of carbonyl (C=O) groups excluding carboxylic acids is 2. The second-order valence-electron chi connectivity index (χ2n) is 7.22. The van der Waals surface area contributed by atoms with Gasteiger partial charge >= 0.3 is 5.97 Å². The molecule has 0 saturated carbocycles. The van der Waals surface area contributed by atoms with Crippen molar-refractivity contribution in [2.45, 2.75) is 19.8 Å². The third-order valence-electron chi connectivity index (χ3n) is 4.53. The van der Waals surface area contributed by atoms with E-state index in [1.165, 1.54) is 6.21 Å². The van der Waals surface area contributed by atoms with Gasteiger partial charge in [-0.25, -0.2) is 10.2 Å². The summed E-state index contributed by atoms with van der Waals surface area (Å²) in [5.41, 5.74) is 3.56. The van der Waals surface area contributed by atoms with Gasteiger partial charge in [-0.05, 0) is 84.8 Å². The predicted molar refractivity (Wildman–Crippen MR) is 134 cm³/mol. The average molecular weight is 525 g/mol. The summed E-state index contributed by atoms with van der Waals surface area (Å²) in [6, 6.07) is 20.8. The van der Waals surface area contributed by atoms with Crippen LogP contribution in [0.5, 0.6) is 17.2 Å². The lowest BCUT2D eigenvalue weighted by Gasteiger charge is -2.07. The van der Waals surface area contributed by atoms with E-state index in [9.17, 15) is 9.59 Å². The quantitative estimate of drug-likeness (QED) is 0.120. The number of hydrogen-bond acceptors (Lipinski definition) is 6. The minimum Gasteiger partial charge on any atom is -0.494 e. The third-order valence-corrected chi connectivity index (χ3v) is 5.06. The van der Waals surface area contributed by atoms with Crippen LogP contribution < -0.4 is 19.6 Å². The summed E-state index contributed by atoms with van der Waals surface area (Å²) in [5.74, 6) is 0.868. The van der Waals surface area contributed by atoms with E-state index in [1.807, 2.05) is 12.1 Å². The molecule has 1 amide bonds. The maximum absolute atomic E-state index is 12.3. The van der Waals surface area contributed by atoms with Crippen LogP contribution in [-0.2, 0) is 4.79 Å². The molecule has 0 saturated heterocycles. The van der Waals surface area contributed by atoms with Crippen molar-refractivity contribution in [1.82, 2.24) is 5.43 Å². The van der Waals surface area contributed by atoms with E-state index >= 15 is 0 Å². The van der Waals surface area contributed by atoms with Crippen LogP contribution in [0.25, 0.3) is 0 Å². The molecule has 1 N–H and O–H groups in total. The molecule has 0 aliphatic heterocycles. The molecule has 0 radical (unpaired) electrons. The molecule has 0 aromatic heterocycles. The zero-order chi connectivity index (χ0) is 24.2. The van der Waals surface area contributed by atoms with Crippen molar-refractivity contribution in [3.8, 4) is 17.2 Å². The zero-order valence-electron chi connectivity index (χ0n) is 18.7. The molecule has 3 aromatic carbocycles. The lowest BCUT2D eigenvalue weighted by atomic mass is 10.2. The van der Waals surface area contributed by atoms with Gasteiger partial charge in [0.15, 0.2) is 6.61 Å². The Hall–Kier alpha value is -3.65. The number of benzene rings is 3. The first-order valence-electron chi connectivity index (χ1n) is 10.8. The molecular formula is C26H25BrN2O5. The molecule has 0 aliphatic carbocycles. The Morgan fingerprint density at radius 2 is 1.50 bits per heavy atom. The van der Waals surface area contributed by atoms with E-state index < -0.39 is 5.97 Å². The van der Waals surface area contributed by atoms with Crippen LogP contribution in [0.4, 0.5) is 0 Å². The van der Waals surface area contributed by atoms with Crippen molar-refractivity contribution < 1.29 is 23.8 Å². The van der Waals surface area contributed by atoms with Crippen LogP contribution >= 0.6 is 15.9 Å². The van der Waals surface area contributed by atoms with E-state index in [4.69, 9.17) is 14.2 Å². The SMILES string of the molecule is CCCCOc1ccc(C(=O)Oc2ccc(/C=N\NC(=O)COc3ccc(Br)cc3)cc2)cc1. The highest BCUT2D eigenvalue weighted by molar-refractivity contribution is 9.10. The molecule has 34 heavy (non-hydrogen) atoms. The van der Waals surface area contributed by atoms with Crippen LogP contribution in [0.3, 0.4) is 0 Å². The van der Waals surface area contributed by atoms with Crippen LogP contribution in [-0.4, -0.2) is 31.3 Å². The zero-order valence-corrected chi connectivity index (χ0v) is 20.3. The Kier molecular flexibility index (Phi) is 9.66. The first-order chi connectivity index (χ1) is 16.5. The Bertz CT molecular complexity index is 1100. The predicted octanol–water partition coefficient (Wildman–Crippen LogP) is 5.38. The summed E-state index contributed by atoms with van der Waals surface area (Å²) < 4.78 is 17.3. The van der Waals surface area contributed by atoms with Crippen molar-refractivity contribution >= 4 is 34.0 Å². The summed E-state index contributed by atoms with van der Waals surface area (Å²) in [5, 5.41) is 3.91. The first kappa shape index (κ1) is 25.0. The van der Waals surface area contributed by atoms with E-state index in [0.717, 1.165) is 28.6 Å². The molecule has 176 valence electrons. The second kappa shape index (κ2) is 13.2. The standard InChI is InChI=1S/C26H25BrN2O5/c1-2-3-16-32-22-12-6-20(7-13-22)26(31)34-24-10-4-19(5-11-24)17-28-29-25(30)18-33-23-14-8-21(27)9-15-23/h4-15,17H,2-3,16,18H2,1H3,(H,29,30)/b28-17-. The summed E-state index contributed by atoms with van der Waals surface area (Å²) >= 11 is 3.34. The van der Waals surface area contributed by atoms with E-state index in [2.05, 4.69) is 33.4 Å². The molecule has 8 heteroatoms. The lowest BCUT2D eigenvalue weighted by molar-refractivity contribution is -0.123. The maximum atomic E-state index is 12.3. The molecule has 3 rings (SSSR count). The van der Waals surface area contributed by atoms with Gasteiger partial charge in [-0.1, -0.05) is 29.3 Å². The monoisotopic (exact) mass is 524 g/mol. The smallest absolute Gasteiger partial charge is 0.343 e. The highest BCUT2D eigenvalue weighted by Gasteiger charge is 2.09. The molecule has 0 spiro atoms. The number of rotatable bonds is 11. The van der Waals surface area contributed by atoms with Gasteiger partial charge in [0.1, 0.15) is 17.2 Å². The number of hydrazone groups is 1. The number of amides is 1. The van der Waals surface area contributed by atoms with Gasteiger partial charge in [0, 0.05) is 4.47 Å². The van der Waals surface area contributed by atoms with Crippen molar-refractivity contribution in [2.75, 3.05) is 13.2 Å². The number of esters is 1. The number of ether oxygens (including phenoxy) is 3. The van der Waals surface area contributed by atoms with Crippen LogP contribution in [0, 0.1) is 0 Å². The molecule has 7 nitrogen and oxygen atoms in total. The highest BCUT2D eigenvalue weighted by Crippen LogP contribution is 2.17. The van der Waals surface area contributed by atoms with Gasteiger partial charge in [-0.15, -0.1) is 0 Å². The number of unbranched alkanes of at least 4 members (excludes halogenated alkanes) is 1. The highest BCUT2D eigenvalue weighted by atomic mass is 79.9. The minimum absolute atomic E-state index is 0.153.